The van der Waals surface area contributed by atoms with E-state index < -0.39 is 5.82 Å². The Hall–Kier alpha value is -3.47. The largest absolute Gasteiger partial charge is 0.448 e. The molecule has 2 unspecified atom stereocenters. The second kappa shape index (κ2) is 9.20. The number of nitrogens with zero attached hydrogens (tertiary/aromatic N) is 1. The van der Waals surface area contributed by atoms with Crippen molar-refractivity contribution in [3.63, 3.8) is 0 Å². The molecular formula is C31H30FNO3. The minimum atomic E-state index is -0.463. The van der Waals surface area contributed by atoms with Crippen molar-refractivity contribution >= 4 is 11.9 Å². The molecule has 0 spiro atoms. The summed E-state index contributed by atoms with van der Waals surface area (Å²) in [7, 11) is 0. The van der Waals surface area contributed by atoms with E-state index in [-0.39, 0.29) is 41.4 Å². The molecule has 3 aromatic carbocycles. The fourth-order valence-corrected chi connectivity index (χ4v) is 6.61. The first kappa shape index (κ1) is 23.0. The number of carbonyl (C=O) groups is 2. The highest BCUT2D eigenvalue weighted by molar-refractivity contribution is 5.98. The van der Waals surface area contributed by atoms with E-state index in [1.165, 1.54) is 28.3 Å². The lowest BCUT2D eigenvalue weighted by atomic mass is 9.75. The van der Waals surface area contributed by atoms with Gasteiger partial charge in [-0.3, -0.25) is 4.79 Å². The number of ketones is 1. The zero-order chi connectivity index (χ0) is 24.8. The van der Waals surface area contributed by atoms with Crippen molar-refractivity contribution in [1.82, 2.24) is 4.90 Å². The van der Waals surface area contributed by atoms with E-state index in [4.69, 9.17) is 4.74 Å². The van der Waals surface area contributed by atoms with E-state index in [1.54, 1.807) is 12.1 Å². The lowest BCUT2D eigenvalue weighted by Crippen LogP contribution is -2.56. The summed E-state index contributed by atoms with van der Waals surface area (Å²) < 4.78 is 20.4. The van der Waals surface area contributed by atoms with Crippen molar-refractivity contribution in [3.8, 4) is 11.1 Å². The van der Waals surface area contributed by atoms with E-state index in [1.807, 2.05) is 36.1 Å². The molecule has 2 fully saturated rings. The average Bonchev–Trinajstić information content (AvgIpc) is 3.21. The summed E-state index contributed by atoms with van der Waals surface area (Å²) in [6.45, 7) is 2.16. The normalized spacial score (nSPS) is 22.6. The van der Waals surface area contributed by atoms with Crippen LogP contribution in [0.3, 0.4) is 0 Å². The van der Waals surface area contributed by atoms with Gasteiger partial charge in [0.2, 0.25) is 0 Å². The van der Waals surface area contributed by atoms with E-state index in [0.29, 0.717) is 19.4 Å². The smallest absolute Gasteiger partial charge is 0.410 e. The molecule has 0 N–H and O–H groups in total. The maximum absolute atomic E-state index is 14.4. The molecule has 4 nitrogen and oxygen atoms in total. The molecular weight excluding hydrogens is 453 g/mol. The number of Topliss-reactive ketones (excluding diaryl/α,β-unsaturated/α-hetero) is 1. The second-order valence-electron chi connectivity index (χ2n) is 10.5. The van der Waals surface area contributed by atoms with E-state index in [2.05, 4.69) is 24.3 Å². The number of hydrogen-bond donors (Lipinski definition) is 0. The standard InChI is InChI=1S/C31H30FNO3/c1-19-13-14-29(32)27(15-19)30(34)20-16-21-7-6-8-22(17-20)33(21)31(35)36-18-28-25-11-4-2-9-23(25)24-10-3-5-12-26(24)28/h2-5,9-15,20-22,28H,6-8,16-18H2,1H3. The van der Waals surface area contributed by atoms with Crippen LogP contribution in [-0.4, -0.2) is 35.5 Å². The summed E-state index contributed by atoms with van der Waals surface area (Å²) in [5.41, 5.74) is 5.83. The number of ether oxygens (including phenoxy) is 1. The Labute approximate surface area is 211 Å². The molecule has 5 heteroatoms. The molecule has 1 aliphatic carbocycles. The molecule has 2 aliphatic heterocycles. The molecule has 0 saturated carbocycles. The van der Waals surface area contributed by atoms with Crippen molar-refractivity contribution < 1.29 is 18.7 Å². The predicted octanol–water partition coefficient (Wildman–Crippen LogP) is 6.90. The van der Waals surface area contributed by atoms with Gasteiger partial charge in [-0.2, -0.15) is 0 Å². The van der Waals surface area contributed by atoms with Crippen LogP contribution < -0.4 is 0 Å². The van der Waals surface area contributed by atoms with Crippen molar-refractivity contribution in [2.75, 3.05) is 6.61 Å². The number of piperidine rings is 2. The van der Waals surface area contributed by atoms with Crippen LogP contribution in [0.5, 0.6) is 0 Å². The summed E-state index contributed by atoms with van der Waals surface area (Å²) in [4.78, 5) is 28.5. The number of carbonyl (C=O) groups excluding carboxylic acids is 2. The molecule has 184 valence electrons. The highest BCUT2D eigenvalue weighted by Crippen LogP contribution is 2.45. The second-order valence-corrected chi connectivity index (χ2v) is 10.5. The van der Waals surface area contributed by atoms with E-state index in [9.17, 15) is 14.0 Å². The number of amides is 1. The molecule has 2 bridgehead atoms. The number of aryl methyl sites for hydroxylation is 1. The molecule has 2 atom stereocenters. The lowest BCUT2D eigenvalue weighted by molar-refractivity contribution is 0.00642. The SMILES string of the molecule is Cc1ccc(F)c(C(=O)C2CC3CCCC(C2)N3C(=O)OCC2c3ccccc3-c3ccccc32)c1. The van der Waals surface area contributed by atoms with Gasteiger partial charge in [0.15, 0.2) is 5.78 Å². The van der Waals surface area contributed by atoms with E-state index in [0.717, 1.165) is 24.8 Å². The predicted molar refractivity (Wildman–Crippen MR) is 137 cm³/mol. The fourth-order valence-electron chi connectivity index (χ4n) is 6.61. The highest BCUT2D eigenvalue weighted by Gasteiger charge is 2.44. The molecule has 6 rings (SSSR count). The number of fused-ring (bicyclic) bond motifs is 5. The average molecular weight is 484 g/mol. The fraction of sp³-hybridized carbons (Fsp3) is 0.355. The minimum Gasteiger partial charge on any atom is -0.448 e. The number of hydrogen-bond acceptors (Lipinski definition) is 3. The van der Waals surface area contributed by atoms with Crippen LogP contribution in [0, 0.1) is 18.7 Å². The molecule has 2 heterocycles. The van der Waals surface area contributed by atoms with Gasteiger partial charge in [-0.05, 0) is 73.4 Å². The van der Waals surface area contributed by atoms with Crippen LogP contribution in [0.1, 0.15) is 65.1 Å². The highest BCUT2D eigenvalue weighted by atomic mass is 19.1. The van der Waals surface area contributed by atoms with Gasteiger partial charge < -0.3 is 9.64 Å². The topological polar surface area (TPSA) is 46.6 Å². The molecule has 0 aromatic heterocycles. The molecule has 3 aromatic rings. The Morgan fingerprint density at radius 2 is 1.53 bits per heavy atom. The van der Waals surface area contributed by atoms with Crippen LogP contribution in [0.2, 0.25) is 0 Å². The van der Waals surface area contributed by atoms with Gasteiger partial charge in [0.1, 0.15) is 12.4 Å². The lowest BCUT2D eigenvalue weighted by Gasteiger charge is -2.47. The molecule has 36 heavy (non-hydrogen) atoms. The van der Waals surface area contributed by atoms with Crippen LogP contribution >= 0.6 is 0 Å². The summed E-state index contributed by atoms with van der Waals surface area (Å²) in [6.07, 6.45) is 3.56. The molecule has 0 radical (unpaired) electrons. The van der Waals surface area contributed by atoms with Crippen LogP contribution in [0.15, 0.2) is 66.7 Å². The van der Waals surface area contributed by atoms with Crippen molar-refractivity contribution in [2.45, 2.75) is 57.0 Å². The molecule has 1 amide bonds. The summed E-state index contributed by atoms with van der Waals surface area (Å²) in [6, 6.07) is 21.2. The van der Waals surface area contributed by atoms with Crippen molar-refractivity contribution in [1.29, 1.82) is 0 Å². The third-order valence-corrected chi connectivity index (χ3v) is 8.28. The maximum Gasteiger partial charge on any atom is 0.410 e. The Balaban J connectivity index is 1.17. The quantitative estimate of drug-likeness (QED) is 0.379. The van der Waals surface area contributed by atoms with Crippen LogP contribution in [-0.2, 0) is 4.74 Å². The van der Waals surface area contributed by atoms with Gasteiger partial charge in [0.05, 0.1) is 5.56 Å². The number of rotatable bonds is 4. The Morgan fingerprint density at radius 1 is 0.917 bits per heavy atom. The first-order valence-corrected chi connectivity index (χ1v) is 12.9. The monoisotopic (exact) mass is 483 g/mol. The third-order valence-electron chi connectivity index (χ3n) is 8.28. The minimum absolute atomic E-state index is 0.0182. The summed E-state index contributed by atoms with van der Waals surface area (Å²) in [5.74, 6) is -0.853. The van der Waals surface area contributed by atoms with Crippen molar-refractivity contribution in [2.24, 2.45) is 5.92 Å². The van der Waals surface area contributed by atoms with Crippen LogP contribution in [0.4, 0.5) is 9.18 Å². The van der Waals surface area contributed by atoms with E-state index >= 15 is 0 Å². The Morgan fingerprint density at radius 3 is 2.17 bits per heavy atom. The van der Waals surface area contributed by atoms with Gasteiger partial charge in [-0.15, -0.1) is 0 Å². The Kier molecular flexibility index (Phi) is 5.87. The van der Waals surface area contributed by atoms with Gasteiger partial charge in [0.25, 0.3) is 0 Å². The summed E-state index contributed by atoms with van der Waals surface area (Å²) in [5, 5.41) is 0. The zero-order valence-electron chi connectivity index (χ0n) is 20.5. The molecule has 2 saturated heterocycles. The molecule has 3 aliphatic rings. The zero-order valence-corrected chi connectivity index (χ0v) is 20.5. The van der Waals surface area contributed by atoms with Gasteiger partial charge >= 0.3 is 6.09 Å². The first-order valence-electron chi connectivity index (χ1n) is 12.9. The van der Waals surface area contributed by atoms with Gasteiger partial charge in [-0.1, -0.05) is 60.2 Å². The third kappa shape index (κ3) is 3.91. The van der Waals surface area contributed by atoms with Gasteiger partial charge in [-0.25, -0.2) is 9.18 Å². The first-order chi connectivity index (χ1) is 17.5. The van der Waals surface area contributed by atoms with Crippen LogP contribution in [0.25, 0.3) is 11.1 Å². The Bertz CT molecular complexity index is 1280. The summed E-state index contributed by atoms with van der Waals surface area (Å²) >= 11 is 0. The van der Waals surface area contributed by atoms with Gasteiger partial charge in [0, 0.05) is 23.9 Å². The maximum atomic E-state index is 14.4. The number of benzene rings is 3. The number of halogens is 1. The van der Waals surface area contributed by atoms with Crippen molar-refractivity contribution in [3.05, 3.63) is 94.8 Å².